The number of amides is 1. The van der Waals surface area contributed by atoms with Crippen LogP contribution in [-0.4, -0.2) is 16.8 Å². The summed E-state index contributed by atoms with van der Waals surface area (Å²) in [5, 5.41) is 15.6. The van der Waals surface area contributed by atoms with Gasteiger partial charge in [0.25, 0.3) is 11.7 Å². The molecule has 0 bridgehead atoms. The minimum atomic E-state index is -0.736. The van der Waals surface area contributed by atoms with Crippen LogP contribution in [0.25, 0.3) is 16.5 Å². The highest BCUT2D eigenvalue weighted by molar-refractivity contribution is 7.10. The topological polar surface area (TPSA) is 57.6 Å². The zero-order valence-corrected chi connectivity index (χ0v) is 18.7. The van der Waals surface area contributed by atoms with E-state index in [4.69, 9.17) is 11.6 Å². The van der Waals surface area contributed by atoms with Crippen LogP contribution in [0.4, 0.5) is 5.69 Å². The van der Waals surface area contributed by atoms with Crippen molar-refractivity contribution in [3.8, 4) is 0 Å². The molecule has 1 saturated heterocycles. The van der Waals surface area contributed by atoms with E-state index in [1.807, 2.05) is 54.8 Å². The maximum absolute atomic E-state index is 13.2. The molecule has 0 saturated carbocycles. The number of carbonyl (C=O) groups is 2. The zero-order chi connectivity index (χ0) is 22.4. The highest BCUT2D eigenvalue weighted by Gasteiger charge is 2.48. The van der Waals surface area contributed by atoms with Crippen molar-refractivity contribution >= 4 is 56.8 Å². The third-order valence-electron chi connectivity index (χ3n) is 5.70. The Balaban J connectivity index is 1.74. The molecule has 0 aliphatic carbocycles. The summed E-state index contributed by atoms with van der Waals surface area (Å²) in [7, 11) is 0. The van der Waals surface area contributed by atoms with Crippen molar-refractivity contribution in [2.24, 2.45) is 0 Å². The van der Waals surface area contributed by atoms with Gasteiger partial charge in [-0.3, -0.25) is 14.5 Å². The maximum Gasteiger partial charge on any atom is 0.300 e. The minimum absolute atomic E-state index is 0.0795. The Morgan fingerprint density at radius 3 is 2.47 bits per heavy atom. The summed E-state index contributed by atoms with van der Waals surface area (Å²) in [6.07, 6.45) is 0. The molecule has 6 heteroatoms. The molecular weight excluding hydrogens is 442 g/mol. The molecule has 1 N–H and O–H groups in total. The van der Waals surface area contributed by atoms with Gasteiger partial charge in [-0.1, -0.05) is 54.1 Å². The first kappa shape index (κ1) is 20.5. The molecule has 1 unspecified atom stereocenters. The van der Waals surface area contributed by atoms with E-state index in [-0.39, 0.29) is 11.3 Å². The molecule has 4 nitrogen and oxygen atoms in total. The third kappa shape index (κ3) is 3.30. The van der Waals surface area contributed by atoms with Crippen LogP contribution in [0.1, 0.15) is 22.0 Å². The Morgan fingerprint density at radius 1 is 0.969 bits per heavy atom. The smallest absolute Gasteiger partial charge is 0.300 e. The Bertz CT molecular complexity index is 1420. The van der Waals surface area contributed by atoms with Gasteiger partial charge in [-0.25, -0.2) is 0 Å². The van der Waals surface area contributed by atoms with Gasteiger partial charge in [-0.05, 0) is 59.0 Å². The summed E-state index contributed by atoms with van der Waals surface area (Å²) in [5.41, 5.74) is 2.02. The minimum Gasteiger partial charge on any atom is -0.507 e. The van der Waals surface area contributed by atoms with Gasteiger partial charge in [0.05, 0.1) is 5.57 Å². The van der Waals surface area contributed by atoms with E-state index in [2.05, 4.69) is 0 Å². The second kappa shape index (κ2) is 7.93. The summed E-state index contributed by atoms with van der Waals surface area (Å²) in [5.74, 6) is -1.59. The molecule has 1 atom stereocenters. The summed E-state index contributed by atoms with van der Waals surface area (Å²) in [6, 6.07) is 21.3. The molecule has 3 aromatic carbocycles. The Kier molecular flexibility index (Phi) is 5.08. The fraction of sp³-hybridized carbons (Fsp3) is 0.0769. The van der Waals surface area contributed by atoms with Crippen LogP contribution < -0.4 is 4.90 Å². The lowest BCUT2D eigenvalue weighted by Gasteiger charge is -2.25. The molecule has 1 aromatic heterocycles. The first-order valence-electron chi connectivity index (χ1n) is 10.1. The first-order chi connectivity index (χ1) is 15.5. The number of aryl methyl sites for hydroxylation is 1. The summed E-state index contributed by atoms with van der Waals surface area (Å²) in [6.45, 7) is 1.93. The van der Waals surface area contributed by atoms with E-state index in [0.29, 0.717) is 16.3 Å². The standard InChI is InChI=1S/C26H18ClNO3S/c1-15-11-12-32-25(15)22-21(23(29)18-10-9-16-5-2-3-6-17(16)13-18)24(30)26(31)28(22)20-8-4-7-19(27)14-20/h2-14,22,29H,1H3/b23-21-. The van der Waals surface area contributed by atoms with E-state index < -0.39 is 17.7 Å². The number of carbonyl (C=O) groups excluding carboxylic acids is 2. The molecule has 158 valence electrons. The van der Waals surface area contributed by atoms with Gasteiger partial charge < -0.3 is 5.11 Å². The molecule has 1 aliphatic rings. The molecular formula is C26H18ClNO3S. The van der Waals surface area contributed by atoms with Crippen molar-refractivity contribution < 1.29 is 14.7 Å². The number of anilines is 1. The SMILES string of the molecule is Cc1ccsc1C1/C(=C(/O)c2ccc3ccccc3c2)C(=O)C(=O)N1c1cccc(Cl)c1. The quantitative estimate of drug-likeness (QED) is 0.216. The number of nitrogens with zero attached hydrogens (tertiary/aromatic N) is 1. The Labute approximate surface area is 194 Å². The predicted octanol–water partition coefficient (Wildman–Crippen LogP) is 6.49. The van der Waals surface area contributed by atoms with Crippen molar-refractivity contribution in [1.82, 2.24) is 0 Å². The van der Waals surface area contributed by atoms with Crippen LogP contribution in [0, 0.1) is 6.92 Å². The lowest BCUT2D eigenvalue weighted by molar-refractivity contribution is -0.132. The van der Waals surface area contributed by atoms with Crippen LogP contribution >= 0.6 is 22.9 Å². The van der Waals surface area contributed by atoms with E-state index in [0.717, 1.165) is 21.2 Å². The molecule has 32 heavy (non-hydrogen) atoms. The van der Waals surface area contributed by atoms with E-state index in [9.17, 15) is 14.7 Å². The second-order valence-corrected chi connectivity index (χ2v) is 9.06. The molecule has 4 aromatic rings. The number of thiophene rings is 1. The van der Waals surface area contributed by atoms with Gasteiger partial charge in [0.2, 0.25) is 0 Å². The number of fused-ring (bicyclic) bond motifs is 1. The van der Waals surface area contributed by atoms with Crippen LogP contribution in [0.15, 0.2) is 83.7 Å². The van der Waals surface area contributed by atoms with Gasteiger partial charge in [0.1, 0.15) is 11.8 Å². The van der Waals surface area contributed by atoms with E-state index in [1.54, 1.807) is 30.3 Å². The van der Waals surface area contributed by atoms with Crippen LogP contribution in [0.5, 0.6) is 0 Å². The summed E-state index contributed by atoms with van der Waals surface area (Å²) in [4.78, 5) is 28.7. The highest BCUT2D eigenvalue weighted by atomic mass is 35.5. The summed E-state index contributed by atoms with van der Waals surface area (Å²) >= 11 is 7.63. The molecule has 1 fully saturated rings. The second-order valence-electron chi connectivity index (χ2n) is 7.68. The van der Waals surface area contributed by atoms with E-state index >= 15 is 0 Å². The van der Waals surface area contributed by atoms with Gasteiger partial charge >= 0.3 is 0 Å². The van der Waals surface area contributed by atoms with Crippen LogP contribution in [0.3, 0.4) is 0 Å². The fourth-order valence-corrected chi connectivity index (χ4v) is 5.34. The normalized spacial score (nSPS) is 17.9. The number of benzene rings is 3. The van der Waals surface area contributed by atoms with Gasteiger partial charge in [-0.15, -0.1) is 11.3 Å². The average Bonchev–Trinajstić information content (AvgIpc) is 3.33. The molecule has 0 spiro atoms. The monoisotopic (exact) mass is 459 g/mol. The number of ketones is 1. The van der Waals surface area contributed by atoms with Crippen molar-refractivity contribution in [2.45, 2.75) is 13.0 Å². The lowest BCUT2D eigenvalue weighted by atomic mass is 9.97. The highest BCUT2D eigenvalue weighted by Crippen LogP contribution is 2.45. The number of hydrogen-bond donors (Lipinski definition) is 1. The van der Waals surface area contributed by atoms with Crippen molar-refractivity contribution in [1.29, 1.82) is 0 Å². The number of aliphatic hydroxyl groups excluding tert-OH is 1. The lowest BCUT2D eigenvalue weighted by Crippen LogP contribution is -2.29. The summed E-state index contributed by atoms with van der Waals surface area (Å²) < 4.78 is 0. The molecule has 1 amide bonds. The Hall–Kier alpha value is -3.41. The average molecular weight is 460 g/mol. The number of halogens is 1. The van der Waals surface area contributed by atoms with Gasteiger partial charge in [0, 0.05) is 21.2 Å². The maximum atomic E-state index is 13.2. The van der Waals surface area contributed by atoms with Crippen LogP contribution in [-0.2, 0) is 9.59 Å². The van der Waals surface area contributed by atoms with Gasteiger partial charge in [-0.2, -0.15) is 0 Å². The number of rotatable bonds is 3. The third-order valence-corrected chi connectivity index (χ3v) is 7.01. The molecule has 5 rings (SSSR count). The van der Waals surface area contributed by atoms with Gasteiger partial charge in [0.15, 0.2) is 0 Å². The Morgan fingerprint density at radius 2 is 1.75 bits per heavy atom. The number of Topliss-reactive ketones (excluding diaryl/α,β-unsaturated/α-hetero) is 1. The van der Waals surface area contributed by atoms with Crippen molar-refractivity contribution in [3.05, 3.63) is 105 Å². The largest absolute Gasteiger partial charge is 0.507 e. The number of hydrogen-bond acceptors (Lipinski definition) is 4. The van der Waals surface area contributed by atoms with Crippen LogP contribution in [0.2, 0.25) is 5.02 Å². The zero-order valence-electron chi connectivity index (χ0n) is 17.1. The number of aliphatic hydroxyl groups is 1. The van der Waals surface area contributed by atoms with E-state index in [1.165, 1.54) is 16.2 Å². The predicted molar refractivity (Wildman–Crippen MR) is 129 cm³/mol. The molecule has 1 aliphatic heterocycles. The first-order valence-corrected chi connectivity index (χ1v) is 11.3. The fourth-order valence-electron chi connectivity index (χ4n) is 4.13. The molecule has 0 radical (unpaired) electrons. The van der Waals surface area contributed by atoms with Crippen molar-refractivity contribution in [2.75, 3.05) is 4.90 Å². The molecule has 2 heterocycles. The van der Waals surface area contributed by atoms with Crippen molar-refractivity contribution in [3.63, 3.8) is 0 Å².